The average molecular weight is 406 g/mol. The summed E-state index contributed by atoms with van der Waals surface area (Å²) in [7, 11) is -3.64. The van der Waals surface area contributed by atoms with Gasteiger partial charge in [-0.05, 0) is 36.6 Å². The number of sulfonamides is 1. The minimum Gasteiger partial charge on any atom is -0.486 e. The van der Waals surface area contributed by atoms with Crippen LogP contribution >= 0.6 is 11.3 Å². The molecule has 0 fully saturated rings. The highest BCUT2D eigenvalue weighted by Gasteiger charge is 2.19. The molecule has 0 saturated carbocycles. The predicted molar refractivity (Wildman–Crippen MR) is 103 cm³/mol. The fourth-order valence-corrected chi connectivity index (χ4v) is 4.56. The second-order valence-corrected chi connectivity index (χ2v) is 8.79. The third kappa shape index (κ3) is 3.85. The first kappa shape index (κ1) is 18.0. The van der Waals surface area contributed by atoms with Crippen LogP contribution in [0.3, 0.4) is 0 Å². The van der Waals surface area contributed by atoms with Crippen molar-refractivity contribution in [2.45, 2.75) is 18.4 Å². The van der Waals surface area contributed by atoms with Gasteiger partial charge in [0.1, 0.15) is 18.9 Å². The number of thiophene rings is 1. The minimum absolute atomic E-state index is 0.156. The Morgan fingerprint density at radius 2 is 2.00 bits per heavy atom. The zero-order valence-corrected chi connectivity index (χ0v) is 16.3. The molecule has 0 amide bonds. The van der Waals surface area contributed by atoms with Crippen LogP contribution in [0.1, 0.15) is 5.69 Å². The van der Waals surface area contributed by atoms with Crippen LogP contribution in [0.15, 0.2) is 46.7 Å². The Morgan fingerprint density at radius 1 is 1.19 bits per heavy atom. The van der Waals surface area contributed by atoms with Gasteiger partial charge in [0.25, 0.3) is 0 Å². The fourth-order valence-electron chi connectivity index (χ4n) is 2.84. The molecule has 0 saturated heterocycles. The van der Waals surface area contributed by atoms with Gasteiger partial charge in [0, 0.05) is 18.3 Å². The van der Waals surface area contributed by atoms with Crippen LogP contribution < -0.4 is 14.2 Å². The van der Waals surface area contributed by atoms with Crippen molar-refractivity contribution in [1.29, 1.82) is 0 Å². The molecule has 7 nitrogen and oxygen atoms in total. The van der Waals surface area contributed by atoms with E-state index in [0.29, 0.717) is 31.3 Å². The van der Waals surface area contributed by atoms with E-state index in [9.17, 15) is 8.42 Å². The zero-order valence-electron chi connectivity index (χ0n) is 14.7. The van der Waals surface area contributed by atoms with Crippen LogP contribution in [0.4, 0.5) is 0 Å². The molecule has 1 aliphatic rings. The average Bonchev–Trinajstić information content (AvgIpc) is 3.31. The quantitative estimate of drug-likeness (QED) is 0.682. The molecule has 1 aliphatic heterocycles. The number of ether oxygens (including phenoxy) is 2. The van der Waals surface area contributed by atoms with Gasteiger partial charge in [0.15, 0.2) is 11.5 Å². The lowest BCUT2D eigenvalue weighted by atomic mass is 10.3. The lowest BCUT2D eigenvalue weighted by molar-refractivity contribution is 0.171. The van der Waals surface area contributed by atoms with Crippen LogP contribution in [0.25, 0.3) is 10.6 Å². The third-order valence-electron chi connectivity index (χ3n) is 4.19. The van der Waals surface area contributed by atoms with Crippen molar-refractivity contribution in [2.75, 3.05) is 19.8 Å². The maximum absolute atomic E-state index is 12.5. The number of aromatic nitrogens is 2. The van der Waals surface area contributed by atoms with Gasteiger partial charge in [-0.1, -0.05) is 6.07 Å². The predicted octanol–water partition coefficient (Wildman–Crippen LogP) is 2.67. The Labute approximate surface area is 161 Å². The number of nitrogens with zero attached hydrogens (tertiary/aromatic N) is 2. The molecule has 0 unspecified atom stereocenters. The molecule has 0 bridgehead atoms. The van der Waals surface area contributed by atoms with E-state index in [-0.39, 0.29) is 11.4 Å². The van der Waals surface area contributed by atoms with Crippen LogP contribution in [-0.2, 0) is 16.6 Å². The largest absolute Gasteiger partial charge is 0.486 e. The maximum atomic E-state index is 12.5. The SMILES string of the molecule is Cc1cc(-c2cccs2)nn1CCNS(=O)(=O)c1ccc2c(c1)OCCO2. The molecule has 0 spiro atoms. The number of nitrogens with one attached hydrogen (secondary N) is 1. The number of hydrogen-bond acceptors (Lipinski definition) is 6. The van der Waals surface area contributed by atoms with Gasteiger partial charge in [-0.2, -0.15) is 5.10 Å². The summed E-state index contributed by atoms with van der Waals surface area (Å²) in [6, 6.07) is 10.6. The smallest absolute Gasteiger partial charge is 0.240 e. The van der Waals surface area contributed by atoms with Gasteiger partial charge in [-0.25, -0.2) is 13.1 Å². The lowest BCUT2D eigenvalue weighted by Crippen LogP contribution is -2.28. The van der Waals surface area contributed by atoms with Gasteiger partial charge < -0.3 is 9.47 Å². The summed E-state index contributed by atoms with van der Waals surface area (Å²) in [6.07, 6.45) is 0. The van der Waals surface area contributed by atoms with Crippen LogP contribution in [0.5, 0.6) is 11.5 Å². The van der Waals surface area contributed by atoms with E-state index in [1.807, 2.05) is 30.5 Å². The molecule has 0 atom stereocenters. The van der Waals surface area contributed by atoms with E-state index >= 15 is 0 Å². The number of benzene rings is 1. The lowest BCUT2D eigenvalue weighted by Gasteiger charge is -2.19. The Bertz CT molecular complexity index is 1040. The molecule has 1 N–H and O–H groups in total. The van der Waals surface area contributed by atoms with Crippen LogP contribution in [-0.4, -0.2) is 38.0 Å². The molecule has 142 valence electrons. The molecular weight excluding hydrogens is 386 g/mol. The maximum Gasteiger partial charge on any atom is 0.240 e. The number of rotatable bonds is 6. The first-order valence-corrected chi connectivity index (χ1v) is 10.9. The molecule has 2 aromatic heterocycles. The van der Waals surface area contributed by atoms with E-state index in [4.69, 9.17) is 9.47 Å². The van der Waals surface area contributed by atoms with Crippen molar-refractivity contribution in [2.24, 2.45) is 0 Å². The monoisotopic (exact) mass is 405 g/mol. The minimum atomic E-state index is -3.64. The molecule has 4 rings (SSSR count). The molecule has 1 aromatic carbocycles. The van der Waals surface area contributed by atoms with E-state index in [1.54, 1.807) is 22.1 Å². The second kappa shape index (κ2) is 7.34. The fraction of sp³-hybridized carbons (Fsp3) is 0.278. The van der Waals surface area contributed by atoms with Crippen LogP contribution in [0, 0.1) is 6.92 Å². The van der Waals surface area contributed by atoms with Gasteiger partial charge in [-0.3, -0.25) is 4.68 Å². The van der Waals surface area contributed by atoms with E-state index in [2.05, 4.69) is 9.82 Å². The van der Waals surface area contributed by atoms with Crippen molar-refractivity contribution in [1.82, 2.24) is 14.5 Å². The molecule has 0 aliphatic carbocycles. The summed E-state index contributed by atoms with van der Waals surface area (Å²) in [5.41, 5.74) is 1.88. The molecule has 9 heteroatoms. The Hall–Kier alpha value is -2.36. The Morgan fingerprint density at radius 3 is 2.78 bits per heavy atom. The van der Waals surface area contributed by atoms with Gasteiger partial charge in [0.2, 0.25) is 10.0 Å². The molecule has 3 heterocycles. The topological polar surface area (TPSA) is 82.5 Å². The molecule has 27 heavy (non-hydrogen) atoms. The highest BCUT2D eigenvalue weighted by atomic mass is 32.2. The first-order chi connectivity index (χ1) is 13.0. The van der Waals surface area contributed by atoms with E-state index in [1.165, 1.54) is 12.1 Å². The van der Waals surface area contributed by atoms with Gasteiger partial charge in [-0.15, -0.1) is 11.3 Å². The normalized spacial score (nSPS) is 13.7. The number of fused-ring (bicyclic) bond motifs is 1. The molecule has 0 radical (unpaired) electrons. The van der Waals surface area contributed by atoms with E-state index in [0.717, 1.165) is 16.3 Å². The zero-order chi connectivity index (χ0) is 18.9. The van der Waals surface area contributed by atoms with Gasteiger partial charge >= 0.3 is 0 Å². The molecule has 3 aromatic rings. The Balaban J connectivity index is 1.43. The highest BCUT2D eigenvalue weighted by molar-refractivity contribution is 7.89. The standard InChI is InChI=1S/C18H19N3O4S2/c1-13-11-15(18-3-2-10-26-18)20-21(13)7-6-19-27(22,23)14-4-5-16-17(12-14)25-9-8-24-16/h2-5,10-12,19H,6-9H2,1H3. The van der Waals surface area contributed by atoms with Crippen molar-refractivity contribution in [3.63, 3.8) is 0 Å². The van der Waals surface area contributed by atoms with Crippen molar-refractivity contribution in [3.05, 3.63) is 47.5 Å². The third-order valence-corrected chi connectivity index (χ3v) is 6.55. The number of aryl methyl sites for hydroxylation is 1. The van der Waals surface area contributed by atoms with Crippen molar-refractivity contribution < 1.29 is 17.9 Å². The summed E-state index contributed by atoms with van der Waals surface area (Å²) in [5.74, 6) is 1.01. The summed E-state index contributed by atoms with van der Waals surface area (Å²) >= 11 is 1.63. The van der Waals surface area contributed by atoms with E-state index < -0.39 is 10.0 Å². The summed E-state index contributed by atoms with van der Waals surface area (Å²) < 4.78 is 40.4. The second-order valence-electron chi connectivity index (χ2n) is 6.07. The van der Waals surface area contributed by atoms with Crippen molar-refractivity contribution in [3.8, 4) is 22.1 Å². The summed E-state index contributed by atoms with van der Waals surface area (Å²) in [5, 5.41) is 6.56. The first-order valence-electron chi connectivity index (χ1n) is 8.50. The van der Waals surface area contributed by atoms with Gasteiger partial charge in [0.05, 0.1) is 16.3 Å². The summed E-state index contributed by atoms with van der Waals surface area (Å²) in [4.78, 5) is 1.25. The van der Waals surface area contributed by atoms with Crippen molar-refractivity contribution >= 4 is 21.4 Å². The Kier molecular flexibility index (Phi) is 4.90. The summed E-state index contributed by atoms with van der Waals surface area (Å²) in [6.45, 7) is 3.52. The molecular formula is C18H19N3O4S2. The van der Waals surface area contributed by atoms with Crippen LogP contribution in [0.2, 0.25) is 0 Å². The highest BCUT2D eigenvalue weighted by Crippen LogP contribution is 2.32. The number of hydrogen-bond donors (Lipinski definition) is 1.